The summed E-state index contributed by atoms with van der Waals surface area (Å²) in [6, 6.07) is 8.99. The number of halogens is 3. The summed E-state index contributed by atoms with van der Waals surface area (Å²) >= 11 is 0. The monoisotopic (exact) mass is 303 g/mol. The van der Waals surface area contributed by atoms with Crippen LogP contribution in [0.15, 0.2) is 30.3 Å². The number of alkyl halides is 3. The highest BCUT2D eigenvalue weighted by molar-refractivity contribution is 5.67. The van der Waals surface area contributed by atoms with E-state index >= 15 is 0 Å². The van der Waals surface area contributed by atoms with Gasteiger partial charge in [0.25, 0.3) is 0 Å². The third kappa shape index (κ3) is 3.66. The van der Waals surface area contributed by atoms with E-state index in [0.29, 0.717) is 0 Å². The number of carbonyl (C=O) groups is 1. The Hall–Kier alpha value is -1.76. The molecule has 0 saturated carbocycles. The van der Waals surface area contributed by atoms with Crippen LogP contribution in [0.1, 0.15) is 18.4 Å². The minimum Gasteiger partial charge on any atom is -0.445 e. The fourth-order valence-electron chi connectivity index (χ4n) is 2.15. The van der Waals surface area contributed by atoms with Crippen molar-refractivity contribution in [1.29, 1.82) is 0 Å². The third-order valence-electron chi connectivity index (χ3n) is 3.58. The number of benzene rings is 1. The van der Waals surface area contributed by atoms with Crippen LogP contribution in [-0.4, -0.2) is 41.0 Å². The van der Waals surface area contributed by atoms with Crippen LogP contribution < -0.4 is 0 Å². The quantitative estimate of drug-likeness (QED) is 0.914. The molecule has 0 radical (unpaired) electrons. The Balaban J connectivity index is 1.84. The highest BCUT2D eigenvalue weighted by Crippen LogP contribution is 2.38. The molecule has 1 saturated heterocycles. The van der Waals surface area contributed by atoms with E-state index in [1.165, 1.54) is 4.90 Å². The molecule has 1 aliphatic heterocycles. The molecule has 21 heavy (non-hydrogen) atoms. The Labute approximate surface area is 120 Å². The largest absolute Gasteiger partial charge is 0.445 e. The van der Waals surface area contributed by atoms with Gasteiger partial charge in [-0.25, -0.2) is 4.79 Å². The Morgan fingerprint density at radius 3 is 2.33 bits per heavy atom. The summed E-state index contributed by atoms with van der Waals surface area (Å²) in [7, 11) is 0. The van der Waals surface area contributed by atoms with E-state index < -0.39 is 30.7 Å². The van der Waals surface area contributed by atoms with E-state index in [1.807, 2.05) is 6.07 Å². The number of rotatable bonds is 2. The summed E-state index contributed by atoms with van der Waals surface area (Å²) in [5, 5.41) is 9.51. The Morgan fingerprint density at radius 2 is 1.81 bits per heavy atom. The first-order valence-electron chi connectivity index (χ1n) is 6.56. The molecule has 0 aliphatic carbocycles. The highest BCUT2D eigenvalue weighted by Gasteiger charge is 2.55. The zero-order valence-electron chi connectivity index (χ0n) is 11.3. The maximum atomic E-state index is 12.6. The van der Waals surface area contributed by atoms with Gasteiger partial charge in [-0.1, -0.05) is 30.3 Å². The van der Waals surface area contributed by atoms with Crippen LogP contribution in [0.5, 0.6) is 0 Å². The van der Waals surface area contributed by atoms with Gasteiger partial charge in [0, 0.05) is 25.9 Å². The molecule has 1 amide bonds. The number of piperidine rings is 1. The summed E-state index contributed by atoms with van der Waals surface area (Å²) in [4.78, 5) is 13.0. The number of carbonyl (C=O) groups excluding carboxylic acids is 1. The summed E-state index contributed by atoms with van der Waals surface area (Å²) in [6.07, 6.45) is -6.40. The fourth-order valence-corrected chi connectivity index (χ4v) is 2.15. The Kier molecular flexibility index (Phi) is 4.41. The molecule has 2 rings (SSSR count). The van der Waals surface area contributed by atoms with Crippen LogP contribution in [0.3, 0.4) is 0 Å². The van der Waals surface area contributed by atoms with Gasteiger partial charge in [-0.05, 0) is 5.56 Å². The molecule has 1 heterocycles. The number of nitrogens with zero attached hydrogens (tertiary/aromatic N) is 1. The van der Waals surface area contributed by atoms with Gasteiger partial charge in [0.2, 0.25) is 0 Å². The molecule has 0 atom stereocenters. The number of hydrogen-bond acceptors (Lipinski definition) is 3. The SMILES string of the molecule is O=C(OCc1ccccc1)N1CCC(O)(C(F)(F)F)CC1. The summed E-state index contributed by atoms with van der Waals surface area (Å²) in [5.74, 6) is 0. The lowest BCUT2D eigenvalue weighted by Gasteiger charge is -2.38. The maximum Gasteiger partial charge on any atom is 0.417 e. The first kappa shape index (κ1) is 15.6. The molecule has 0 unspecified atom stereocenters. The molecule has 1 aromatic rings. The molecule has 1 fully saturated rings. The average molecular weight is 303 g/mol. The number of likely N-dealkylation sites (tertiary alicyclic amines) is 1. The molecule has 1 N–H and O–H groups in total. The van der Waals surface area contributed by atoms with Crippen molar-refractivity contribution in [1.82, 2.24) is 4.90 Å². The topological polar surface area (TPSA) is 49.8 Å². The lowest BCUT2D eigenvalue weighted by molar-refractivity contribution is -0.271. The van der Waals surface area contributed by atoms with E-state index in [4.69, 9.17) is 4.74 Å². The van der Waals surface area contributed by atoms with Crippen molar-refractivity contribution in [3.63, 3.8) is 0 Å². The maximum absolute atomic E-state index is 12.6. The van der Waals surface area contributed by atoms with E-state index in [9.17, 15) is 23.1 Å². The Morgan fingerprint density at radius 1 is 1.24 bits per heavy atom. The van der Waals surface area contributed by atoms with Crippen molar-refractivity contribution >= 4 is 6.09 Å². The third-order valence-corrected chi connectivity index (χ3v) is 3.58. The molecular formula is C14H16F3NO3. The zero-order valence-corrected chi connectivity index (χ0v) is 11.3. The minimum absolute atomic E-state index is 0.0692. The lowest BCUT2D eigenvalue weighted by Crippen LogP contribution is -2.54. The van der Waals surface area contributed by atoms with Crippen molar-refractivity contribution in [2.75, 3.05) is 13.1 Å². The molecule has 7 heteroatoms. The van der Waals surface area contributed by atoms with Crippen LogP contribution in [0.2, 0.25) is 0 Å². The molecule has 1 aliphatic rings. The molecule has 0 spiro atoms. The van der Waals surface area contributed by atoms with Gasteiger partial charge in [0.05, 0.1) is 0 Å². The van der Waals surface area contributed by atoms with Crippen LogP contribution >= 0.6 is 0 Å². The number of ether oxygens (including phenoxy) is 1. The normalized spacial score (nSPS) is 18.4. The average Bonchev–Trinajstić information content (AvgIpc) is 2.45. The predicted molar refractivity (Wildman–Crippen MR) is 68.4 cm³/mol. The number of hydrogen-bond donors (Lipinski definition) is 1. The van der Waals surface area contributed by atoms with Crippen molar-refractivity contribution < 1.29 is 27.8 Å². The number of aliphatic hydroxyl groups is 1. The molecule has 0 aromatic heterocycles. The van der Waals surface area contributed by atoms with E-state index in [0.717, 1.165) is 5.56 Å². The van der Waals surface area contributed by atoms with Gasteiger partial charge in [-0.3, -0.25) is 0 Å². The second-order valence-electron chi connectivity index (χ2n) is 5.06. The molecule has 0 bridgehead atoms. The second kappa shape index (κ2) is 5.93. The molecule has 4 nitrogen and oxygen atoms in total. The van der Waals surface area contributed by atoms with Crippen LogP contribution in [0.25, 0.3) is 0 Å². The van der Waals surface area contributed by atoms with Gasteiger partial charge >= 0.3 is 12.3 Å². The molecule has 1 aromatic carbocycles. The van der Waals surface area contributed by atoms with Crippen molar-refractivity contribution in [2.24, 2.45) is 0 Å². The second-order valence-corrected chi connectivity index (χ2v) is 5.06. The summed E-state index contributed by atoms with van der Waals surface area (Å²) < 4.78 is 43.0. The van der Waals surface area contributed by atoms with Gasteiger partial charge in [0.1, 0.15) is 6.61 Å². The first-order chi connectivity index (χ1) is 9.82. The van der Waals surface area contributed by atoms with Crippen LogP contribution in [-0.2, 0) is 11.3 Å². The minimum atomic E-state index is -4.67. The van der Waals surface area contributed by atoms with Crippen molar-refractivity contribution in [2.45, 2.75) is 31.2 Å². The van der Waals surface area contributed by atoms with Crippen LogP contribution in [0, 0.1) is 0 Å². The highest BCUT2D eigenvalue weighted by atomic mass is 19.4. The van der Waals surface area contributed by atoms with E-state index in [2.05, 4.69) is 0 Å². The lowest BCUT2D eigenvalue weighted by atomic mass is 9.91. The zero-order chi connectivity index (χ0) is 15.5. The summed E-state index contributed by atoms with van der Waals surface area (Å²) in [6.45, 7) is -0.285. The van der Waals surface area contributed by atoms with E-state index in [-0.39, 0.29) is 19.7 Å². The van der Waals surface area contributed by atoms with Gasteiger partial charge in [-0.15, -0.1) is 0 Å². The smallest absolute Gasteiger partial charge is 0.417 e. The van der Waals surface area contributed by atoms with Gasteiger partial charge in [0.15, 0.2) is 5.60 Å². The van der Waals surface area contributed by atoms with Crippen molar-refractivity contribution in [3.8, 4) is 0 Å². The fraction of sp³-hybridized carbons (Fsp3) is 0.500. The van der Waals surface area contributed by atoms with E-state index in [1.54, 1.807) is 24.3 Å². The molecule has 116 valence electrons. The Bertz CT molecular complexity index is 482. The summed E-state index contributed by atoms with van der Waals surface area (Å²) in [5.41, 5.74) is -1.90. The number of amides is 1. The standard InChI is InChI=1S/C14H16F3NO3/c15-14(16,17)13(20)6-8-18(9-7-13)12(19)21-10-11-4-2-1-3-5-11/h1-5,20H,6-10H2. The van der Waals surface area contributed by atoms with Gasteiger partial charge in [-0.2, -0.15) is 13.2 Å². The van der Waals surface area contributed by atoms with Crippen molar-refractivity contribution in [3.05, 3.63) is 35.9 Å². The van der Waals surface area contributed by atoms with Gasteiger partial charge < -0.3 is 14.7 Å². The van der Waals surface area contributed by atoms with Crippen LogP contribution in [0.4, 0.5) is 18.0 Å². The molecular weight excluding hydrogens is 287 g/mol. The predicted octanol–water partition coefficient (Wildman–Crippen LogP) is 2.71. The first-order valence-corrected chi connectivity index (χ1v) is 6.56.